The summed E-state index contributed by atoms with van der Waals surface area (Å²) in [5.74, 6) is 0.658. The summed E-state index contributed by atoms with van der Waals surface area (Å²) in [7, 11) is 0. The second-order valence-corrected chi connectivity index (χ2v) is 7.47. The van der Waals surface area contributed by atoms with Crippen molar-refractivity contribution < 1.29 is 4.79 Å². The Kier molecular flexibility index (Phi) is 4.38. The molecule has 2 aromatic heterocycles. The fourth-order valence-electron chi connectivity index (χ4n) is 2.89. The molecule has 4 rings (SSSR count). The van der Waals surface area contributed by atoms with Crippen molar-refractivity contribution in [3.05, 3.63) is 60.2 Å². The molecule has 1 amide bonds. The molecular weight excluding hydrogens is 346 g/mol. The van der Waals surface area contributed by atoms with Gasteiger partial charge in [-0.25, -0.2) is 10.1 Å². The number of benzene rings is 2. The van der Waals surface area contributed by atoms with Gasteiger partial charge in [-0.2, -0.15) is 0 Å². The molecule has 2 atom stereocenters. The molecule has 7 heteroatoms. The number of H-pyrrole nitrogens is 1. The van der Waals surface area contributed by atoms with Crippen molar-refractivity contribution in [3.8, 4) is 0 Å². The Morgan fingerprint density at radius 3 is 2.65 bits per heavy atom. The number of aromatic amines is 1. The van der Waals surface area contributed by atoms with Gasteiger partial charge in [-0.3, -0.25) is 9.20 Å². The summed E-state index contributed by atoms with van der Waals surface area (Å²) in [6.45, 7) is 3.87. The molecular formula is C19H19N5OS. The number of nitrogens with one attached hydrogen (secondary N) is 2. The van der Waals surface area contributed by atoms with Gasteiger partial charge < -0.3 is 5.32 Å². The standard InChI is InChI=1S/C19H19N5OS/c1-12(14-8-4-3-5-9-14)20-17(25)13(2)26-19-23-22-18-21-15-10-6-7-11-16(15)24(18)19/h3-13H,1-2H3,(H,20,25)(H,21,22)/t12-,13-/m0/s1. The second-order valence-electron chi connectivity index (χ2n) is 6.17. The Hall–Kier alpha value is -2.80. The molecule has 2 heterocycles. The zero-order valence-corrected chi connectivity index (χ0v) is 15.3. The van der Waals surface area contributed by atoms with Crippen molar-refractivity contribution in [3.63, 3.8) is 0 Å². The first-order valence-electron chi connectivity index (χ1n) is 8.47. The van der Waals surface area contributed by atoms with Gasteiger partial charge in [-0.15, -0.1) is 5.10 Å². The number of nitrogens with zero attached hydrogens (tertiary/aromatic N) is 3. The van der Waals surface area contributed by atoms with E-state index in [0.29, 0.717) is 5.78 Å². The fourth-order valence-corrected chi connectivity index (χ4v) is 3.77. The van der Waals surface area contributed by atoms with E-state index in [2.05, 4.69) is 20.5 Å². The third kappa shape index (κ3) is 3.06. The molecule has 26 heavy (non-hydrogen) atoms. The zero-order valence-electron chi connectivity index (χ0n) is 14.5. The molecule has 0 aliphatic carbocycles. The smallest absolute Gasteiger partial charge is 0.233 e. The van der Waals surface area contributed by atoms with Crippen LogP contribution in [0.1, 0.15) is 25.5 Å². The van der Waals surface area contributed by atoms with Crippen molar-refractivity contribution in [1.82, 2.24) is 24.9 Å². The number of carbonyl (C=O) groups is 1. The lowest BCUT2D eigenvalue weighted by molar-refractivity contribution is -0.120. The van der Waals surface area contributed by atoms with Gasteiger partial charge in [-0.1, -0.05) is 54.2 Å². The molecule has 0 unspecified atom stereocenters. The van der Waals surface area contributed by atoms with E-state index in [-0.39, 0.29) is 17.2 Å². The monoisotopic (exact) mass is 365 g/mol. The summed E-state index contributed by atoms with van der Waals surface area (Å²) in [6.07, 6.45) is 0. The van der Waals surface area contributed by atoms with Crippen LogP contribution in [0.15, 0.2) is 59.8 Å². The van der Waals surface area contributed by atoms with Gasteiger partial charge in [0, 0.05) is 0 Å². The van der Waals surface area contributed by atoms with Crippen molar-refractivity contribution in [2.24, 2.45) is 0 Å². The van der Waals surface area contributed by atoms with Crippen molar-refractivity contribution in [1.29, 1.82) is 0 Å². The predicted octanol–water partition coefficient (Wildman–Crippen LogP) is 3.57. The molecule has 0 fully saturated rings. The normalized spacial score (nSPS) is 13.8. The van der Waals surface area contributed by atoms with Crippen LogP contribution < -0.4 is 5.32 Å². The van der Waals surface area contributed by atoms with Crippen molar-refractivity contribution in [2.75, 3.05) is 0 Å². The molecule has 0 aliphatic heterocycles. The molecule has 132 valence electrons. The highest BCUT2D eigenvalue weighted by Gasteiger charge is 2.21. The summed E-state index contributed by atoms with van der Waals surface area (Å²) in [6, 6.07) is 17.8. The first-order valence-corrected chi connectivity index (χ1v) is 9.35. The number of carbonyl (C=O) groups excluding carboxylic acids is 1. The van der Waals surface area contributed by atoms with Crippen LogP contribution in [0.4, 0.5) is 0 Å². The molecule has 0 spiro atoms. The summed E-state index contributed by atoms with van der Waals surface area (Å²) in [5, 5.41) is 10.8. The Labute approximate surface area is 155 Å². The van der Waals surface area contributed by atoms with Gasteiger partial charge in [0.15, 0.2) is 5.16 Å². The van der Waals surface area contributed by atoms with E-state index >= 15 is 0 Å². The number of rotatable bonds is 5. The van der Waals surface area contributed by atoms with Crippen LogP contribution in [0.5, 0.6) is 0 Å². The average molecular weight is 365 g/mol. The van der Waals surface area contributed by atoms with Crippen LogP contribution in [0.25, 0.3) is 16.8 Å². The number of hydrogen-bond donors (Lipinski definition) is 2. The average Bonchev–Trinajstić information content (AvgIpc) is 3.22. The Morgan fingerprint density at radius 1 is 1.12 bits per heavy atom. The van der Waals surface area contributed by atoms with E-state index in [9.17, 15) is 4.79 Å². The largest absolute Gasteiger partial charge is 0.349 e. The maximum atomic E-state index is 12.6. The topological polar surface area (TPSA) is 75.1 Å². The van der Waals surface area contributed by atoms with Gasteiger partial charge in [-0.05, 0) is 31.5 Å². The molecule has 0 bridgehead atoms. The van der Waals surface area contributed by atoms with Gasteiger partial charge in [0.1, 0.15) is 0 Å². The van der Waals surface area contributed by atoms with Crippen LogP contribution in [0.3, 0.4) is 0 Å². The number of thioether (sulfide) groups is 1. The zero-order chi connectivity index (χ0) is 18.1. The molecule has 4 aromatic rings. The van der Waals surface area contributed by atoms with Crippen molar-refractivity contribution >= 4 is 34.5 Å². The Morgan fingerprint density at radius 2 is 1.85 bits per heavy atom. The van der Waals surface area contributed by atoms with E-state index in [1.165, 1.54) is 11.8 Å². The van der Waals surface area contributed by atoms with E-state index in [0.717, 1.165) is 21.8 Å². The highest BCUT2D eigenvalue weighted by molar-refractivity contribution is 8.00. The van der Waals surface area contributed by atoms with E-state index in [1.807, 2.05) is 72.8 Å². The minimum atomic E-state index is -0.283. The Bertz CT molecular complexity index is 1060. The maximum Gasteiger partial charge on any atom is 0.233 e. The lowest BCUT2D eigenvalue weighted by Crippen LogP contribution is -2.33. The number of aromatic nitrogens is 4. The molecule has 6 nitrogen and oxygen atoms in total. The third-order valence-corrected chi connectivity index (χ3v) is 5.37. The molecule has 0 saturated carbocycles. The van der Waals surface area contributed by atoms with Gasteiger partial charge >= 0.3 is 0 Å². The number of fused-ring (bicyclic) bond motifs is 3. The molecule has 0 radical (unpaired) electrons. The first-order chi connectivity index (χ1) is 12.6. The fraction of sp³-hybridized carbons (Fsp3) is 0.211. The minimum Gasteiger partial charge on any atom is -0.349 e. The van der Waals surface area contributed by atoms with Crippen LogP contribution in [0.2, 0.25) is 0 Å². The minimum absolute atomic E-state index is 0.0214. The van der Waals surface area contributed by atoms with Crippen molar-refractivity contribution in [2.45, 2.75) is 30.3 Å². The van der Waals surface area contributed by atoms with Gasteiger partial charge in [0.2, 0.25) is 11.7 Å². The number of amides is 1. The van der Waals surface area contributed by atoms with Crippen LogP contribution in [0, 0.1) is 0 Å². The van der Waals surface area contributed by atoms with E-state index in [4.69, 9.17) is 0 Å². The van der Waals surface area contributed by atoms with Gasteiger partial charge in [0.05, 0.1) is 22.3 Å². The van der Waals surface area contributed by atoms with Crippen LogP contribution in [-0.4, -0.2) is 30.7 Å². The summed E-state index contributed by atoms with van der Waals surface area (Å²) >= 11 is 1.41. The number of imidazole rings is 1. The molecule has 0 aliphatic rings. The maximum absolute atomic E-state index is 12.6. The predicted molar refractivity (Wildman–Crippen MR) is 103 cm³/mol. The van der Waals surface area contributed by atoms with Crippen LogP contribution in [-0.2, 0) is 4.79 Å². The third-order valence-electron chi connectivity index (χ3n) is 4.31. The van der Waals surface area contributed by atoms with Gasteiger partial charge in [0.25, 0.3) is 0 Å². The summed E-state index contributed by atoms with van der Waals surface area (Å²) in [5.41, 5.74) is 2.96. The van der Waals surface area contributed by atoms with E-state index in [1.54, 1.807) is 0 Å². The van der Waals surface area contributed by atoms with E-state index < -0.39 is 0 Å². The number of hydrogen-bond acceptors (Lipinski definition) is 4. The Balaban J connectivity index is 1.52. The highest BCUT2D eigenvalue weighted by atomic mass is 32.2. The second kappa shape index (κ2) is 6.84. The SMILES string of the molecule is C[C@H](Sc1n[nH]c2nc3ccccc3n12)C(=O)N[C@@H](C)c1ccccc1. The lowest BCUT2D eigenvalue weighted by Gasteiger charge is -2.17. The lowest BCUT2D eigenvalue weighted by atomic mass is 10.1. The van der Waals surface area contributed by atoms with Crippen LogP contribution >= 0.6 is 11.8 Å². The summed E-state index contributed by atoms with van der Waals surface area (Å²) in [4.78, 5) is 17.1. The summed E-state index contributed by atoms with van der Waals surface area (Å²) < 4.78 is 1.95. The molecule has 0 saturated heterocycles. The number of para-hydroxylation sites is 2. The highest BCUT2D eigenvalue weighted by Crippen LogP contribution is 2.26. The molecule has 2 aromatic carbocycles. The molecule has 2 N–H and O–H groups in total. The quantitative estimate of drug-likeness (QED) is 0.530. The first kappa shape index (κ1) is 16.7.